The smallest absolute Gasteiger partial charge is 0.323 e. The van der Waals surface area contributed by atoms with Crippen molar-refractivity contribution in [1.29, 1.82) is 0 Å². The Balaban J connectivity index is 0.00000364. The number of morpholine rings is 1. The molecule has 5 aliphatic carbocycles. The SMILES string of the molecule is CC(=O)O[C@@H](C1CCC2C(CC3C4CCC5C(C)(C)[C@@H](OC6CN([C@H]7CCOC7=O)CCO6)CCC56CC46CCC23C)O1)C(C)(C)O.[HH]. The van der Waals surface area contributed by atoms with Gasteiger partial charge in [-0.2, -0.15) is 0 Å². The zero-order valence-electron chi connectivity index (χ0n) is 29.6. The van der Waals surface area contributed by atoms with Crippen molar-refractivity contribution in [3.63, 3.8) is 0 Å². The van der Waals surface area contributed by atoms with E-state index in [9.17, 15) is 14.7 Å². The summed E-state index contributed by atoms with van der Waals surface area (Å²) in [6.07, 6.45) is 11.8. The van der Waals surface area contributed by atoms with Crippen LogP contribution in [-0.2, 0) is 33.3 Å². The number of esters is 2. The minimum absolute atomic E-state index is 0. The highest BCUT2D eigenvalue weighted by Gasteiger charge is 2.80. The van der Waals surface area contributed by atoms with Crippen LogP contribution in [0.15, 0.2) is 0 Å². The zero-order chi connectivity index (χ0) is 33.1. The number of cyclic esters (lactones) is 1. The molecule has 0 aromatic rings. The molecular weight excluding hydrogens is 598 g/mol. The summed E-state index contributed by atoms with van der Waals surface area (Å²) in [6.45, 7) is 14.9. The maximum atomic E-state index is 12.3. The van der Waals surface area contributed by atoms with Crippen molar-refractivity contribution in [3.8, 4) is 0 Å². The highest BCUT2D eigenvalue weighted by Crippen LogP contribution is 2.87. The number of rotatable bonds is 6. The molecule has 0 radical (unpaired) electrons. The van der Waals surface area contributed by atoms with Crippen LogP contribution in [0.1, 0.15) is 114 Å². The average molecular weight is 660 g/mol. The molecular formula is C38H61NO8. The van der Waals surface area contributed by atoms with Crippen molar-refractivity contribution < 1.29 is 39.8 Å². The van der Waals surface area contributed by atoms with Crippen LogP contribution < -0.4 is 0 Å². The average Bonchev–Trinajstić information content (AvgIpc) is 3.30. The first-order valence-corrected chi connectivity index (χ1v) is 18.9. The van der Waals surface area contributed by atoms with Gasteiger partial charge in [0.1, 0.15) is 6.04 Å². The van der Waals surface area contributed by atoms with E-state index < -0.39 is 11.7 Å². The number of aliphatic hydroxyl groups is 1. The third kappa shape index (κ3) is 4.93. The number of fused-ring (bicyclic) bond motifs is 4. The van der Waals surface area contributed by atoms with E-state index >= 15 is 0 Å². The molecule has 3 saturated heterocycles. The van der Waals surface area contributed by atoms with Gasteiger partial charge in [0, 0.05) is 21.3 Å². The lowest BCUT2D eigenvalue weighted by molar-refractivity contribution is -0.247. The highest BCUT2D eigenvalue weighted by atomic mass is 16.7. The lowest BCUT2D eigenvalue weighted by Crippen LogP contribution is -2.57. The van der Waals surface area contributed by atoms with Gasteiger partial charge in [-0.05, 0) is 123 Å². The molecule has 0 aromatic heterocycles. The molecule has 9 nitrogen and oxygen atoms in total. The Morgan fingerprint density at radius 3 is 2.51 bits per heavy atom. The van der Waals surface area contributed by atoms with Crippen molar-refractivity contribution in [1.82, 2.24) is 4.90 Å². The van der Waals surface area contributed by atoms with Gasteiger partial charge < -0.3 is 28.8 Å². The van der Waals surface area contributed by atoms with Gasteiger partial charge in [0.05, 0.1) is 43.7 Å². The molecule has 8 rings (SSSR count). The summed E-state index contributed by atoms with van der Waals surface area (Å²) < 4.78 is 30.8. The fourth-order valence-electron chi connectivity index (χ4n) is 13.6. The summed E-state index contributed by atoms with van der Waals surface area (Å²) in [7, 11) is 0. The van der Waals surface area contributed by atoms with Gasteiger partial charge in [0.2, 0.25) is 0 Å². The van der Waals surface area contributed by atoms with E-state index in [0.717, 1.165) is 44.6 Å². The molecule has 8 aliphatic rings. The summed E-state index contributed by atoms with van der Waals surface area (Å²) in [5.74, 6) is 2.14. The molecule has 0 aromatic carbocycles. The van der Waals surface area contributed by atoms with E-state index in [-0.39, 0.29) is 49.4 Å². The van der Waals surface area contributed by atoms with Crippen LogP contribution in [-0.4, -0.2) is 90.6 Å². The van der Waals surface area contributed by atoms with Crippen molar-refractivity contribution in [2.75, 3.05) is 26.3 Å². The molecule has 9 heteroatoms. The maximum absolute atomic E-state index is 12.3. The Kier molecular flexibility index (Phi) is 7.79. The van der Waals surface area contributed by atoms with Gasteiger partial charge in [-0.15, -0.1) is 0 Å². The number of ether oxygens (including phenoxy) is 5. The highest BCUT2D eigenvalue weighted by molar-refractivity contribution is 5.77. The van der Waals surface area contributed by atoms with Crippen LogP contribution in [0, 0.1) is 45.3 Å². The predicted octanol–water partition coefficient (Wildman–Crippen LogP) is 5.50. The first-order valence-electron chi connectivity index (χ1n) is 18.9. The molecule has 13 atom stereocenters. The Bertz CT molecular complexity index is 1270. The van der Waals surface area contributed by atoms with Crippen LogP contribution in [0.5, 0.6) is 0 Å². The van der Waals surface area contributed by atoms with Gasteiger partial charge in [0.15, 0.2) is 12.4 Å². The van der Waals surface area contributed by atoms with Crippen LogP contribution in [0.2, 0.25) is 0 Å². The molecule has 5 saturated carbocycles. The van der Waals surface area contributed by atoms with E-state index in [2.05, 4.69) is 25.7 Å². The second-order valence-corrected chi connectivity index (χ2v) is 18.4. The number of carbonyl (C=O) groups is 2. The largest absolute Gasteiger partial charge is 0.464 e. The van der Waals surface area contributed by atoms with Gasteiger partial charge in [-0.3, -0.25) is 14.5 Å². The van der Waals surface area contributed by atoms with E-state index in [1.54, 1.807) is 13.8 Å². The summed E-state index contributed by atoms with van der Waals surface area (Å²) >= 11 is 0. The summed E-state index contributed by atoms with van der Waals surface area (Å²) in [6, 6.07) is -0.154. The monoisotopic (exact) mass is 659 g/mol. The minimum Gasteiger partial charge on any atom is -0.464 e. The van der Waals surface area contributed by atoms with Gasteiger partial charge in [-0.1, -0.05) is 20.8 Å². The predicted molar refractivity (Wildman–Crippen MR) is 175 cm³/mol. The first-order chi connectivity index (χ1) is 22.2. The lowest BCUT2D eigenvalue weighted by atomic mass is 9.46. The second-order valence-electron chi connectivity index (χ2n) is 18.4. The third-order valence-corrected chi connectivity index (χ3v) is 15.6. The molecule has 266 valence electrons. The van der Waals surface area contributed by atoms with Crippen molar-refractivity contribution in [3.05, 3.63) is 0 Å². The standard InChI is InChI=1S/C38H59NO8.H2/c1-22(40)45-32(35(4,5)42)27-9-7-24-28(46-27)19-25-23-8-10-29-34(2,3)30(11-13-38(29)21-37(23,38)15-14-36(24,25)6)47-31-20-39(16-18-43-31)26-12-17-44-33(26)41;/h23-32,42H,7-21H2,1-6H3;1H/t23?,24?,25?,26-,27?,28?,29?,30-,31?,32-,36?,37?,38?;/m0./s1. The van der Waals surface area contributed by atoms with E-state index in [0.29, 0.717) is 53.8 Å². The van der Waals surface area contributed by atoms with Crippen LogP contribution in [0.4, 0.5) is 0 Å². The van der Waals surface area contributed by atoms with E-state index in [1.165, 1.54) is 45.4 Å². The maximum Gasteiger partial charge on any atom is 0.323 e. The molecule has 3 heterocycles. The Morgan fingerprint density at radius 2 is 1.79 bits per heavy atom. The van der Waals surface area contributed by atoms with Gasteiger partial charge in [-0.25, -0.2) is 0 Å². The summed E-state index contributed by atoms with van der Waals surface area (Å²) in [5, 5.41) is 10.9. The number of hydrogen-bond acceptors (Lipinski definition) is 9. The van der Waals surface area contributed by atoms with Gasteiger partial charge >= 0.3 is 11.9 Å². The molecule has 10 unspecified atom stereocenters. The quantitative estimate of drug-likeness (QED) is 0.370. The Morgan fingerprint density at radius 1 is 1.00 bits per heavy atom. The van der Waals surface area contributed by atoms with Gasteiger partial charge in [0.25, 0.3) is 0 Å². The lowest BCUT2D eigenvalue weighted by Gasteiger charge is -2.60. The molecule has 47 heavy (non-hydrogen) atoms. The molecule has 1 N–H and O–H groups in total. The molecule has 0 amide bonds. The molecule has 0 bridgehead atoms. The van der Waals surface area contributed by atoms with E-state index in [1.807, 2.05) is 0 Å². The summed E-state index contributed by atoms with van der Waals surface area (Å²) in [4.78, 5) is 26.5. The zero-order valence-corrected chi connectivity index (χ0v) is 29.6. The fraction of sp³-hybridized carbons (Fsp3) is 0.947. The normalized spacial score (nSPS) is 49.4. The molecule has 3 aliphatic heterocycles. The van der Waals surface area contributed by atoms with Crippen LogP contribution in [0.25, 0.3) is 0 Å². The molecule has 2 spiro atoms. The van der Waals surface area contributed by atoms with Crippen LogP contribution >= 0.6 is 0 Å². The molecule has 8 fully saturated rings. The number of carbonyl (C=O) groups excluding carboxylic acids is 2. The first kappa shape index (κ1) is 32.9. The minimum atomic E-state index is -1.15. The van der Waals surface area contributed by atoms with Crippen molar-refractivity contribution >= 4 is 11.9 Å². The Labute approximate surface area is 282 Å². The fourth-order valence-corrected chi connectivity index (χ4v) is 13.6. The second kappa shape index (κ2) is 11.1. The Hall–Kier alpha value is -1.26. The van der Waals surface area contributed by atoms with Crippen molar-refractivity contribution in [2.24, 2.45) is 45.3 Å². The third-order valence-electron chi connectivity index (χ3n) is 15.6. The topological polar surface area (TPSA) is 104 Å². The number of hydrogen-bond donors (Lipinski definition) is 1. The van der Waals surface area contributed by atoms with E-state index in [4.69, 9.17) is 23.7 Å². The van der Waals surface area contributed by atoms with Crippen LogP contribution in [0.3, 0.4) is 0 Å². The summed E-state index contributed by atoms with van der Waals surface area (Å²) in [5.41, 5.74) is 0.0760. The number of nitrogens with zero attached hydrogens (tertiary/aromatic N) is 1. The van der Waals surface area contributed by atoms with Crippen molar-refractivity contribution in [2.45, 2.75) is 155 Å².